The Kier molecular flexibility index (Phi) is 3.33. The van der Waals surface area contributed by atoms with Gasteiger partial charge < -0.3 is 19.5 Å². The molecule has 2 saturated heterocycles. The van der Waals surface area contributed by atoms with Crippen LogP contribution in [-0.2, 0) is 4.74 Å². The molecule has 2 aliphatic rings. The molecule has 2 aliphatic heterocycles. The number of amides is 1. The Morgan fingerprint density at radius 3 is 3.05 bits per heavy atom. The van der Waals surface area contributed by atoms with E-state index in [1.165, 1.54) is 0 Å². The number of likely N-dealkylation sites (N-methyl/N-ethyl adjacent to an activating group) is 1. The summed E-state index contributed by atoms with van der Waals surface area (Å²) < 4.78 is 5.83. The minimum absolute atomic E-state index is 0.108. The second-order valence-corrected chi connectivity index (χ2v) is 5.56. The van der Waals surface area contributed by atoms with E-state index in [0.717, 1.165) is 25.1 Å². The van der Waals surface area contributed by atoms with Crippen LogP contribution in [0.4, 0.5) is 0 Å². The van der Waals surface area contributed by atoms with Gasteiger partial charge in [0.05, 0.1) is 18.8 Å². The fraction of sp³-hybridized carbons (Fsp3) is 0.643. The number of nitrogens with one attached hydrogen (secondary N) is 1. The highest BCUT2D eigenvalue weighted by Gasteiger charge is 2.39. The van der Waals surface area contributed by atoms with Crippen LogP contribution in [0.15, 0.2) is 12.3 Å². The van der Waals surface area contributed by atoms with E-state index in [-0.39, 0.29) is 18.1 Å². The van der Waals surface area contributed by atoms with Gasteiger partial charge in [0, 0.05) is 25.8 Å². The summed E-state index contributed by atoms with van der Waals surface area (Å²) in [6.45, 7) is 5.25. The van der Waals surface area contributed by atoms with Crippen LogP contribution in [0.5, 0.6) is 0 Å². The molecular formula is C14H21N3O2. The van der Waals surface area contributed by atoms with E-state index in [4.69, 9.17) is 4.74 Å². The molecule has 0 radical (unpaired) electrons. The van der Waals surface area contributed by atoms with Gasteiger partial charge in [-0.1, -0.05) is 0 Å². The summed E-state index contributed by atoms with van der Waals surface area (Å²) in [6.07, 6.45) is 3.03. The number of ether oxygens (including phenoxy) is 1. The quantitative estimate of drug-likeness (QED) is 0.818. The number of carbonyl (C=O) groups is 1. The summed E-state index contributed by atoms with van der Waals surface area (Å²) in [4.78, 5) is 20.0. The van der Waals surface area contributed by atoms with Crippen LogP contribution in [0.1, 0.15) is 22.5 Å². The first-order valence-corrected chi connectivity index (χ1v) is 6.92. The number of aromatic nitrogens is 1. The molecular weight excluding hydrogens is 242 g/mol. The molecule has 0 aromatic carbocycles. The molecule has 2 fully saturated rings. The topological polar surface area (TPSA) is 48.6 Å². The number of hydrogen-bond donors (Lipinski definition) is 1. The molecule has 104 valence electrons. The predicted molar refractivity (Wildman–Crippen MR) is 72.2 cm³/mol. The van der Waals surface area contributed by atoms with E-state index < -0.39 is 0 Å². The number of carbonyl (C=O) groups excluding carboxylic acids is 1. The Balaban J connectivity index is 1.82. The van der Waals surface area contributed by atoms with E-state index in [1.54, 1.807) is 0 Å². The molecule has 1 aromatic heterocycles. The normalized spacial score (nSPS) is 28.2. The smallest absolute Gasteiger partial charge is 0.271 e. The predicted octanol–water partition coefficient (Wildman–Crippen LogP) is 0.868. The van der Waals surface area contributed by atoms with Crippen molar-refractivity contribution in [1.82, 2.24) is 14.8 Å². The van der Waals surface area contributed by atoms with Gasteiger partial charge in [-0.3, -0.25) is 4.79 Å². The summed E-state index contributed by atoms with van der Waals surface area (Å²) in [5.41, 5.74) is 1.73. The van der Waals surface area contributed by atoms with Gasteiger partial charge in [-0.2, -0.15) is 0 Å². The van der Waals surface area contributed by atoms with Crippen LogP contribution >= 0.6 is 0 Å². The first-order chi connectivity index (χ1) is 9.16. The van der Waals surface area contributed by atoms with E-state index in [9.17, 15) is 4.79 Å². The molecule has 0 saturated carbocycles. The van der Waals surface area contributed by atoms with Crippen molar-refractivity contribution in [2.45, 2.75) is 25.5 Å². The van der Waals surface area contributed by atoms with E-state index in [2.05, 4.69) is 16.9 Å². The molecule has 0 unspecified atom stereocenters. The van der Waals surface area contributed by atoms with Crippen LogP contribution in [0.2, 0.25) is 0 Å². The Hall–Kier alpha value is -1.33. The highest BCUT2D eigenvalue weighted by Crippen LogP contribution is 2.24. The fourth-order valence-corrected chi connectivity index (χ4v) is 3.10. The molecule has 1 aromatic rings. The SMILES string of the molecule is Cc1cc[nH]c1C(=O)N1CCO[C@H]2CCN(C)C[C@@H]21. The number of morpholine rings is 1. The fourth-order valence-electron chi connectivity index (χ4n) is 3.10. The van der Waals surface area contributed by atoms with Crippen molar-refractivity contribution >= 4 is 5.91 Å². The molecule has 3 rings (SSSR count). The third kappa shape index (κ3) is 2.28. The maximum absolute atomic E-state index is 12.7. The van der Waals surface area contributed by atoms with Gasteiger partial charge in [0.2, 0.25) is 0 Å². The number of likely N-dealkylation sites (tertiary alicyclic amines) is 1. The monoisotopic (exact) mass is 263 g/mol. The molecule has 0 bridgehead atoms. The minimum Gasteiger partial charge on any atom is -0.374 e. The molecule has 0 aliphatic carbocycles. The van der Waals surface area contributed by atoms with Gasteiger partial charge in [0.1, 0.15) is 5.69 Å². The number of aromatic amines is 1. The summed E-state index contributed by atoms with van der Waals surface area (Å²) in [6, 6.07) is 2.13. The summed E-state index contributed by atoms with van der Waals surface area (Å²) in [7, 11) is 2.10. The van der Waals surface area contributed by atoms with Crippen molar-refractivity contribution in [2.75, 3.05) is 33.3 Å². The lowest BCUT2D eigenvalue weighted by atomic mass is 9.98. The largest absolute Gasteiger partial charge is 0.374 e. The van der Waals surface area contributed by atoms with Gasteiger partial charge in [-0.25, -0.2) is 0 Å². The number of hydrogen-bond acceptors (Lipinski definition) is 3. The van der Waals surface area contributed by atoms with Crippen molar-refractivity contribution in [3.05, 3.63) is 23.5 Å². The Morgan fingerprint density at radius 2 is 2.32 bits per heavy atom. The maximum Gasteiger partial charge on any atom is 0.271 e. The van der Waals surface area contributed by atoms with Crippen molar-refractivity contribution in [3.8, 4) is 0 Å². The lowest BCUT2D eigenvalue weighted by Gasteiger charge is -2.46. The third-order valence-corrected chi connectivity index (χ3v) is 4.22. The molecule has 0 spiro atoms. The van der Waals surface area contributed by atoms with Crippen LogP contribution in [-0.4, -0.2) is 66.1 Å². The Morgan fingerprint density at radius 1 is 1.47 bits per heavy atom. The number of nitrogens with zero attached hydrogens (tertiary/aromatic N) is 2. The zero-order valence-electron chi connectivity index (χ0n) is 11.6. The number of H-pyrrole nitrogens is 1. The zero-order valence-corrected chi connectivity index (χ0v) is 11.6. The van der Waals surface area contributed by atoms with Gasteiger partial charge in [0.25, 0.3) is 5.91 Å². The van der Waals surface area contributed by atoms with Crippen LogP contribution in [0.3, 0.4) is 0 Å². The lowest BCUT2D eigenvalue weighted by molar-refractivity contribution is -0.0871. The third-order valence-electron chi connectivity index (χ3n) is 4.22. The first-order valence-electron chi connectivity index (χ1n) is 6.92. The molecule has 3 heterocycles. The van der Waals surface area contributed by atoms with Crippen molar-refractivity contribution in [1.29, 1.82) is 0 Å². The molecule has 1 N–H and O–H groups in total. The highest BCUT2D eigenvalue weighted by atomic mass is 16.5. The number of rotatable bonds is 1. The van der Waals surface area contributed by atoms with Crippen molar-refractivity contribution < 1.29 is 9.53 Å². The van der Waals surface area contributed by atoms with Gasteiger partial charge in [-0.05, 0) is 32.0 Å². The second-order valence-electron chi connectivity index (χ2n) is 5.56. The first kappa shape index (κ1) is 12.7. The van der Waals surface area contributed by atoms with Gasteiger partial charge in [-0.15, -0.1) is 0 Å². The Labute approximate surface area is 113 Å². The molecule has 5 heteroatoms. The van der Waals surface area contributed by atoms with Crippen LogP contribution < -0.4 is 0 Å². The van der Waals surface area contributed by atoms with Crippen LogP contribution in [0, 0.1) is 6.92 Å². The van der Waals surface area contributed by atoms with Crippen molar-refractivity contribution in [3.63, 3.8) is 0 Å². The number of aryl methyl sites for hydroxylation is 1. The Bertz CT molecular complexity index is 471. The van der Waals surface area contributed by atoms with E-state index >= 15 is 0 Å². The molecule has 5 nitrogen and oxygen atoms in total. The highest BCUT2D eigenvalue weighted by molar-refractivity contribution is 5.94. The minimum atomic E-state index is 0.108. The number of piperidine rings is 1. The summed E-state index contributed by atoms with van der Waals surface area (Å²) in [5, 5.41) is 0. The van der Waals surface area contributed by atoms with E-state index in [0.29, 0.717) is 18.8 Å². The standard InChI is InChI=1S/C14H21N3O2/c1-10-3-5-15-13(10)14(18)17-7-8-19-12-4-6-16(2)9-11(12)17/h3,5,11-12,15H,4,6-9H2,1-2H3/t11-,12-/m0/s1. The average Bonchev–Trinajstić information content (AvgIpc) is 2.83. The molecule has 1 amide bonds. The average molecular weight is 263 g/mol. The van der Waals surface area contributed by atoms with Gasteiger partial charge >= 0.3 is 0 Å². The molecule has 2 atom stereocenters. The molecule has 19 heavy (non-hydrogen) atoms. The number of fused-ring (bicyclic) bond motifs is 1. The maximum atomic E-state index is 12.7. The van der Waals surface area contributed by atoms with Crippen LogP contribution in [0.25, 0.3) is 0 Å². The van der Waals surface area contributed by atoms with E-state index in [1.807, 2.05) is 24.1 Å². The summed E-state index contributed by atoms with van der Waals surface area (Å²) >= 11 is 0. The zero-order chi connectivity index (χ0) is 13.4. The second kappa shape index (κ2) is 4.98. The van der Waals surface area contributed by atoms with Crippen molar-refractivity contribution in [2.24, 2.45) is 0 Å². The summed E-state index contributed by atoms with van der Waals surface area (Å²) in [5.74, 6) is 0.108. The lowest BCUT2D eigenvalue weighted by Crippen LogP contribution is -2.60. The van der Waals surface area contributed by atoms with Gasteiger partial charge in [0.15, 0.2) is 0 Å².